The van der Waals surface area contributed by atoms with Crippen LogP contribution in [0.1, 0.15) is 27.4 Å². The molecule has 0 saturated carbocycles. The molecule has 0 amide bonds. The van der Waals surface area contributed by atoms with Crippen LogP contribution in [0, 0.1) is 6.92 Å². The van der Waals surface area contributed by atoms with Crippen LogP contribution >= 0.6 is 0 Å². The van der Waals surface area contributed by atoms with Gasteiger partial charge >= 0.3 is 5.97 Å². The summed E-state index contributed by atoms with van der Waals surface area (Å²) in [6, 6.07) is 17.6. The molecule has 4 rings (SSSR count). The van der Waals surface area contributed by atoms with Crippen molar-refractivity contribution in [2.75, 3.05) is 0 Å². The summed E-state index contributed by atoms with van der Waals surface area (Å²) in [5.41, 5.74) is 3.01. The Kier molecular flexibility index (Phi) is 4.23. The van der Waals surface area contributed by atoms with E-state index in [1.807, 2.05) is 61.5 Å². The Labute approximate surface area is 150 Å². The molecule has 0 radical (unpaired) electrons. The van der Waals surface area contributed by atoms with E-state index in [9.17, 15) is 4.79 Å². The minimum atomic E-state index is -0.524. The molecule has 0 unspecified atom stereocenters. The number of hydrogen-bond donors (Lipinski definition) is 0. The van der Waals surface area contributed by atoms with Gasteiger partial charge in [-0.05, 0) is 18.6 Å². The van der Waals surface area contributed by atoms with Crippen LogP contribution in [-0.4, -0.2) is 21.0 Å². The molecule has 4 aromatic rings. The predicted octanol–water partition coefficient (Wildman–Crippen LogP) is 3.74. The summed E-state index contributed by atoms with van der Waals surface area (Å²) in [5, 5.41) is 8.90. The number of aryl methyl sites for hydroxylation is 1. The maximum absolute atomic E-state index is 12.2. The molecule has 0 bridgehead atoms. The second-order valence-corrected chi connectivity index (χ2v) is 6.01. The molecular formula is C20H17N3O3. The fourth-order valence-corrected chi connectivity index (χ4v) is 2.81. The molecule has 0 aliphatic carbocycles. The van der Waals surface area contributed by atoms with Crippen molar-refractivity contribution < 1.29 is 13.9 Å². The van der Waals surface area contributed by atoms with Crippen molar-refractivity contribution >= 4 is 16.9 Å². The summed E-state index contributed by atoms with van der Waals surface area (Å²) in [6.07, 6.45) is 1.58. The molecule has 0 aliphatic rings. The first-order chi connectivity index (χ1) is 12.7. The molecule has 0 fully saturated rings. The van der Waals surface area contributed by atoms with Gasteiger partial charge in [0.25, 0.3) is 0 Å². The minimum absolute atomic E-state index is 0.0604. The third kappa shape index (κ3) is 3.21. The van der Waals surface area contributed by atoms with Gasteiger partial charge < -0.3 is 9.15 Å². The van der Waals surface area contributed by atoms with Crippen LogP contribution in [0.5, 0.6) is 0 Å². The van der Waals surface area contributed by atoms with Gasteiger partial charge in [-0.2, -0.15) is 0 Å². The first-order valence-electron chi connectivity index (χ1n) is 8.29. The molecule has 130 valence electrons. The third-order valence-electron chi connectivity index (χ3n) is 4.21. The van der Waals surface area contributed by atoms with Crippen molar-refractivity contribution in [1.29, 1.82) is 0 Å². The van der Waals surface area contributed by atoms with Crippen LogP contribution in [0.4, 0.5) is 0 Å². The molecule has 26 heavy (non-hydrogen) atoms. The molecule has 2 heterocycles. The standard InChI is InChI=1S/C20H17N3O3/c1-14-16-9-5-6-10-18(16)26-19(14)13-25-20(24)17-12-23(22-21-17)11-15-7-3-2-4-8-15/h2-10,12H,11,13H2,1H3. The van der Waals surface area contributed by atoms with E-state index in [1.165, 1.54) is 0 Å². The number of benzene rings is 2. The molecule has 2 aromatic carbocycles. The van der Waals surface area contributed by atoms with Gasteiger partial charge in [0.2, 0.25) is 0 Å². The van der Waals surface area contributed by atoms with Gasteiger partial charge in [-0.3, -0.25) is 0 Å². The van der Waals surface area contributed by atoms with Crippen LogP contribution in [0.15, 0.2) is 65.2 Å². The molecule has 0 atom stereocenters. The van der Waals surface area contributed by atoms with Crippen LogP contribution in [0.3, 0.4) is 0 Å². The average Bonchev–Trinajstić information content (AvgIpc) is 3.26. The van der Waals surface area contributed by atoms with Crippen molar-refractivity contribution in [3.05, 3.63) is 83.4 Å². The molecule has 0 spiro atoms. The third-order valence-corrected chi connectivity index (χ3v) is 4.21. The van der Waals surface area contributed by atoms with Crippen LogP contribution in [0.2, 0.25) is 0 Å². The zero-order valence-corrected chi connectivity index (χ0v) is 14.3. The number of hydrogen-bond acceptors (Lipinski definition) is 5. The number of carbonyl (C=O) groups excluding carboxylic acids is 1. The highest BCUT2D eigenvalue weighted by Crippen LogP contribution is 2.25. The number of ether oxygens (including phenoxy) is 1. The Morgan fingerprint density at radius 2 is 1.88 bits per heavy atom. The van der Waals surface area contributed by atoms with Gasteiger partial charge in [0, 0.05) is 10.9 Å². The highest BCUT2D eigenvalue weighted by molar-refractivity contribution is 5.87. The predicted molar refractivity (Wildman–Crippen MR) is 95.6 cm³/mol. The fraction of sp³-hybridized carbons (Fsp3) is 0.150. The monoisotopic (exact) mass is 347 g/mol. The first kappa shape index (κ1) is 16.1. The Bertz CT molecular complexity index is 1050. The van der Waals surface area contributed by atoms with E-state index in [4.69, 9.17) is 9.15 Å². The number of fused-ring (bicyclic) bond motifs is 1. The smallest absolute Gasteiger partial charge is 0.360 e. The highest BCUT2D eigenvalue weighted by Gasteiger charge is 2.16. The van der Waals surface area contributed by atoms with Gasteiger partial charge in [0.1, 0.15) is 18.0 Å². The van der Waals surface area contributed by atoms with Crippen LogP contribution in [0.25, 0.3) is 11.0 Å². The Hall–Kier alpha value is -3.41. The number of nitrogens with zero attached hydrogens (tertiary/aromatic N) is 3. The second kappa shape index (κ2) is 6.84. The van der Waals surface area contributed by atoms with Crippen LogP contribution in [-0.2, 0) is 17.9 Å². The van der Waals surface area contributed by atoms with Crippen molar-refractivity contribution in [2.24, 2.45) is 0 Å². The minimum Gasteiger partial charge on any atom is -0.457 e. The lowest BCUT2D eigenvalue weighted by Crippen LogP contribution is -2.06. The molecule has 0 N–H and O–H groups in total. The number of esters is 1. The Balaban J connectivity index is 1.42. The number of carbonyl (C=O) groups is 1. The molecule has 6 heteroatoms. The van der Waals surface area contributed by atoms with E-state index < -0.39 is 5.97 Å². The number of rotatable bonds is 5. The first-order valence-corrected chi connectivity index (χ1v) is 8.29. The Morgan fingerprint density at radius 1 is 1.12 bits per heavy atom. The highest BCUT2D eigenvalue weighted by atomic mass is 16.5. The Morgan fingerprint density at radius 3 is 2.69 bits per heavy atom. The topological polar surface area (TPSA) is 70.2 Å². The number of aromatic nitrogens is 3. The lowest BCUT2D eigenvalue weighted by molar-refractivity contribution is 0.0439. The maximum atomic E-state index is 12.2. The summed E-state index contributed by atoms with van der Waals surface area (Å²) in [4.78, 5) is 12.2. The average molecular weight is 347 g/mol. The maximum Gasteiger partial charge on any atom is 0.360 e. The summed E-state index contributed by atoms with van der Waals surface area (Å²) in [6.45, 7) is 2.56. The van der Waals surface area contributed by atoms with Crippen LogP contribution < -0.4 is 0 Å². The van der Waals surface area contributed by atoms with Crippen molar-refractivity contribution in [3.8, 4) is 0 Å². The molecule has 2 aromatic heterocycles. The number of furan rings is 1. The molecule has 0 aliphatic heterocycles. The van der Waals surface area contributed by atoms with E-state index >= 15 is 0 Å². The zero-order valence-electron chi connectivity index (χ0n) is 14.3. The van der Waals surface area contributed by atoms with Gasteiger partial charge in [0.05, 0.1) is 12.7 Å². The lowest BCUT2D eigenvalue weighted by Gasteiger charge is -2.01. The second-order valence-electron chi connectivity index (χ2n) is 6.01. The lowest BCUT2D eigenvalue weighted by atomic mass is 10.1. The largest absolute Gasteiger partial charge is 0.457 e. The van der Waals surface area contributed by atoms with Crippen molar-refractivity contribution in [1.82, 2.24) is 15.0 Å². The van der Waals surface area contributed by atoms with E-state index in [1.54, 1.807) is 10.9 Å². The molecular weight excluding hydrogens is 330 g/mol. The normalized spacial score (nSPS) is 11.0. The quantitative estimate of drug-likeness (QED) is 0.514. The van der Waals surface area contributed by atoms with E-state index in [-0.39, 0.29) is 12.3 Å². The molecule has 6 nitrogen and oxygen atoms in total. The summed E-state index contributed by atoms with van der Waals surface area (Å²) in [5.74, 6) is 0.111. The number of para-hydroxylation sites is 1. The van der Waals surface area contributed by atoms with Gasteiger partial charge in [0.15, 0.2) is 5.69 Å². The molecule has 0 saturated heterocycles. The van der Waals surface area contributed by atoms with Gasteiger partial charge in [-0.25, -0.2) is 9.48 Å². The fourth-order valence-electron chi connectivity index (χ4n) is 2.81. The zero-order chi connectivity index (χ0) is 17.9. The van der Waals surface area contributed by atoms with Gasteiger partial charge in [-0.1, -0.05) is 53.7 Å². The van der Waals surface area contributed by atoms with Crippen molar-refractivity contribution in [2.45, 2.75) is 20.1 Å². The van der Waals surface area contributed by atoms with E-state index in [0.717, 1.165) is 22.1 Å². The summed E-state index contributed by atoms with van der Waals surface area (Å²) < 4.78 is 12.7. The van der Waals surface area contributed by atoms with E-state index in [0.29, 0.717) is 12.3 Å². The van der Waals surface area contributed by atoms with E-state index in [2.05, 4.69) is 10.3 Å². The summed E-state index contributed by atoms with van der Waals surface area (Å²) in [7, 11) is 0. The SMILES string of the molecule is Cc1c(COC(=O)c2cn(Cc3ccccc3)nn2)oc2ccccc12. The van der Waals surface area contributed by atoms with Crippen molar-refractivity contribution in [3.63, 3.8) is 0 Å². The summed E-state index contributed by atoms with van der Waals surface area (Å²) >= 11 is 0. The van der Waals surface area contributed by atoms with Gasteiger partial charge in [-0.15, -0.1) is 5.10 Å².